The number of benzene rings is 1. The zero-order valence-electron chi connectivity index (χ0n) is 18.2. The van der Waals surface area contributed by atoms with Gasteiger partial charge in [0.05, 0.1) is 17.0 Å². The molecule has 0 aliphatic rings. The van der Waals surface area contributed by atoms with E-state index in [4.69, 9.17) is 0 Å². The molecule has 2 heterocycles. The summed E-state index contributed by atoms with van der Waals surface area (Å²) in [6, 6.07) is 10.1. The topological polar surface area (TPSA) is 89.8 Å². The number of rotatable bonds is 8. The van der Waals surface area contributed by atoms with Crippen LogP contribution in [-0.2, 0) is 19.7 Å². The SMILES string of the molecule is CCCS(=O)(=O)c1c(S(=O)(=O)CCC)c2c(C)cc(C)cn2c1C(=O)c1ccccc1. The lowest BCUT2D eigenvalue weighted by Crippen LogP contribution is -2.17. The Morgan fingerprint density at radius 1 is 0.871 bits per heavy atom. The van der Waals surface area contributed by atoms with Gasteiger partial charge < -0.3 is 4.40 Å². The Hall–Kier alpha value is -2.45. The number of carbonyl (C=O) groups excluding carboxylic acids is 1. The lowest BCUT2D eigenvalue weighted by molar-refractivity contribution is 0.103. The standard InChI is InChI=1S/C23H27NO5S2/c1-5-12-30(26,27)22-19-17(4)14-16(3)15-24(19)20(23(22)31(28,29)13-6-2)21(25)18-10-8-7-9-11-18/h7-11,14-15H,5-6,12-13H2,1-4H3. The number of aromatic nitrogens is 1. The molecule has 3 aromatic rings. The first-order valence-corrected chi connectivity index (χ1v) is 13.6. The fraction of sp³-hybridized carbons (Fsp3) is 0.348. The third-order valence-electron chi connectivity index (χ3n) is 5.09. The summed E-state index contributed by atoms with van der Waals surface area (Å²) < 4.78 is 54.9. The molecule has 0 bridgehead atoms. The van der Waals surface area contributed by atoms with Gasteiger partial charge in [-0.2, -0.15) is 0 Å². The Morgan fingerprint density at radius 2 is 1.42 bits per heavy atom. The Balaban J connectivity index is 2.60. The molecular weight excluding hydrogens is 434 g/mol. The van der Waals surface area contributed by atoms with Gasteiger partial charge in [0.25, 0.3) is 0 Å². The molecule has 0 saturated heterocycles. The van der Waals surface area contributed by atoms with Crippen molar-refractivity contribution >= 4 is 31.0 Å². The zero-order valence-corrected chi connectivity index (χ0v) is 19.8. The minimum absolute atomic E-state index is 0.115. The van der Waals surface area contributed by atoms with Crippen molar-refractivity contribution in [2.45, 2.75) is 50.3 Å². The average molecular weight is 462 g/mol. The van der Waals surface area contributed by atoms with Crippen LogP contribution >= 0.6 is 0 Å². The maximum atomic E-state index is 13.6. The molecule has 0 unspecified atom stereocenters. The summed E-state index contributed by atoms with van der Waals surface area (Å²) in [5.41, 5.74) is 1.84. The van der Waals surface area contributed by atoms with Gasteiger partial charge >= 0.3 is 0 Å². The number of hydrogen-bond acceptors (Lipinski definition) is 5. The van der Waals surface area contributed by atoms with E-state index in [1.807, 2.05) is 6.92 Å². The molecule has 3 rings (SSSR count). The Bertz CT molecular complexity index is 1350. The second-order valence-electron chi connectivity index (χ2n) is 7.76. The highest BCUT2D eigenvalue weighted by molar-refractivity contribution is 7.94. The van der Waals surface area contributed by atoms with Crippen LogP contribution < -0.4 is 0 Å². The van der Waals surface area contributed by atoms with E-state index >= 15 is 0 Å². The number of carbonyl (C=O) groups is 1. The lowest BCUT2D eigenvalue weighted by atomic mass is 10.1. The Kier molecular flexibility index (Phi) is 6.43. The molecule has 1 aromatic carbocycles. The van der Waals surface area contributed by atoms with Crippen LogP contribution in [0.25, 0.3) is 5.52 Å². The third-order valence-corrected chi connectivity index (χ3v) is 9.15. The number of ketones is 1. The van der Waals surface area contributed by atoms with Crippen molar-refractivity contribution in [3.63, 3.8) is 0 Å². The van der Waals surface area contributed by atoms with Crippen molar-refractivity contribution in [1.29, 1.82) is 0 Å². The van der Waals surface area contributed by atoms with Crippen molar-refractivity contribution in [2.24, 2.45) is 0 Å². The van der Waals surface area contributed by atoms with Crippen LogP contribution in [0.5, 0.6) is 0 Å². The molecule has 0 amide bonds. The summed E-state index contributed by atoms with van der Waals surface area (Å²) in [4.78, 5) is 13.0. The summed E-state index contributed by atoms with van der Waals surface area (Å²) >= 11 is 0. The highest BCUT2D eigenvalue weighted by Crippen LogP contribution is 2.37. The monoisotopic (exact) mass is 461 g/mol. The molecule has 0 saturated carbocycles. The van der Waals surface area contributed by atoms with Crippen LogP contribution in [0.1, 0.15) is 53.9 Å². The highest BCUT2D eigenvalue weighted by atomic mass is 32.2. The quantitative estimate of drug-likeness (QED) is 0.470. The normalized spacial score (nSPS) is 12.4. The smallest absolute Gasteiger partial charge is 0.211 e. The summed E-state index contributed by atoms with van der Waals surface area (Å²) in [5.74, 6) is -0.965. The summed E-state index contributed by atoms with van der Waals surface area (Å²) in [6.07, 6.45) is 2.27. The van der Waals surface area contributed by atoms with Gasteiger partial charge in [-0.25, -0.2) is 16.8 Å². The van der Waals surface area contributed by atoms with Crippen molar-refractivity contribution in [3.8, 4) is 0 Å². The van der Waals surface area contributed by atoms with Gasteiger partial charge in [0.15, 0.2) is 19.7 Å². The number of hydrogen-bond donors (Lipinski definition) is 0. The van der Waals surface area contributed by atoms with Gasteiger partial charge in [0.1, 0.15) is 15.5 Å². The van der Waals surface area contributed by atoms with Crippen LogP contribution in [-0.4, -0.2) is 38.5 Å². The van der Waals surface area contributed by atoms with E-state index in [1.54, 1.807) is 63.4 Å². The van der Waals surface area contributed by atoms with Gasteiger partial charge in [0.2, 0.25) is 5.78 Å². The molecule has 2 aromatic heterocycles. The van der Waals surface area contributed by atoms with Crippen molar-refractivity contribution in [1.82, 2.24) is 4.40 Å². The van der Waals surface area contributed by atoms with Crippen LogP contribution in [0.4, 0.5) is 0 Å². The van der Waals surface area contributed by atoms with E-state index < -0.39 is 25.5 Å². The lowest BCUT2D eigenvalue weighted by Gasteiger charge is -2.09. The molecule has 0 radical (unpaired) electrons. The first-order chi connectivity index (χ1) is 14.5. The van der Waals surface area contributed by atoms with Gasteiger partial charge in [-0.1, -0.05) is 50.2 Å². The minimum Gasteiger partial charge on any atom is -0.311 e. The predicted octanol–water partition coefficient (Wildman–Crippen LogP) is 4.15. The van der Waals surface area contributed by atoms with Crippen LogP contribution in [0.3, 0.4) is 0 Å². The molecule has 6 nitrogen and oxygen atoms in total. The van der Waals surface area contributed by atoms with Crippen molar-refractivity contribution in [2.75, 3.05) is 11.5 Å². The molecule has 0 aliphatic carbocycles. The van der Waals surface area contributed by atoms with Crippen LogP contribution in [0.2, 0.25) is 0 Å². The first-order valence-electron chi connectivity index (χ1n) is 10.3. The van der Waals surface area contributed by atoms with E-state index in [9.17, 15) is 21.6 Å². The van der Waals surface area contributed by atoms with E-state index in [0.29, 0.717) is 24.0 Å². The molecule has 0 atom stereocenters. The molecule has 31 heavy (non-hydrogen) atoms. The Labute approximate surface area is 183 Å². The predicted molar refractivity (Wildman–Crippen MR) is 121 cm³/mol. The summed E-state index contributed by atoms with van der Waals surface area (Å²) in [5, 5.41) is 0. The highest BCUT2D eigenvalue weighted by Gasteiger charge is 2.37. The van der Waals surface area contributed by atoms with Crippen LogP contribution in [0.15, 0.2) is 52.4 Å². The van der Waals surface area contributed by atoms with Crippen LogP contribution in [0, 0.1) is 13.8 Å². The average Bonchev–Trinajstić information content (AvgIpc) is 3.05. The molecule has 8 heteroatoms. The minimum atomic E-state index is -4.04. The molecular formula is C23H27NO5S2. The molecule has 0 fully saturated rings. The number of pyridine rings is 1. The third kappa shape index (κ3) is 4.19. The maximum Gasteiger partial charge on any atom is 0.211 e. The first kappa shape index (κ1) is 23.2. The summed E-state index contributed by atoms with van der Waals surface area (Å²) in [7, 11) is -7.99. The maximum absolute atomic E-state index is 13.6. The fourth-order valence-electron chi connectivity index (χ4n) is 3.95. The zero-order chi connectivity index (χ0) is 23.0. The summed E-state index contributed by atoms with van der Waals surface area (Å²) in [6.45, 7) is 6.99. The molecule has 0 aliphatic heterocycles. The van der Waals surface area contributed by atoms with Gasteiger partial charge in [-0.3, -0.25) is 4.79 Å². The number of nitrogens with zero attached hydrogens (tertiary/aromatic N) is 1. The molecule has 0 spiro atoms. The Morgan fingerprint density at radius 3 is 1.97 bits per heavy atom. The van der Waals surface area contributed by atoms with Crippen molar-refractivity contribution < 1.29 is 21.6 Å². The van der Waals surface area contributed by atoms with Gasteiger partial charge in [0, 0.05) is 11.8 Å². The van der Waals surface area contributed by atoms with Crippen molar-refractivity contribution in [3.05, 3.63) is 65.0 Å². The number of aryl methyl sites for hydroxylation is 2. The van der Waals surface area contributed by atoms with Gasteiger partial charge in [-0.15, -0.1) is 0 Å². The largest absolute Gasteiger partial charge is 0.311 e. The van der Waals surface area contributed by atoms with Gasteiger partial charge in [-0.05, 0) is 37.8 Å². The molecule has 0 N–H and O–H groups in total. The second-order valence-corrected chi connectivity index (χ2v) is 11.9. The number of fused-ring (bicyclic) bond motifs is 1. The second kappa shape index (κ2) is 8.59. The van der Waals surface area contributed by atoms with E-state index in [1.165, 1.54) is 4.40 Å². The van der Waals surface area contributed by atoms with E-state index in [-0.39, 0.29) is 32.5 Å². The van der Waals surface area contributed by atoms with E-state index in [0.717, 1.165) is 5.56 Å². The number of sulfone groups is 2. The van der Waals surface area contributed by atoms with E-state index in [2.05, 4.69) is 0 Å². The fourth-order valence-corrected chi connectivity index (χ4v) is 7.99. The molecule has 166 valence electrons.